The van der Waals surface area contributed by atoms with E-state index in [1.807, 2.05) is 49.9 Å². The van der Waals surface area contributed by atoms with Gasteiger partial charge >= 0.3 is 11.8 Å². The highest BCUT2D eigenvalue weighted by molar-refractivity contribution is 5.81. The number of fused-ring (bicyclic) bond motifs is 2. The number of aryl methyl sites for hydroxylation is 1. The third kappa shape index (κ3) is 6.43. The number of para-hydroxylation sites is 2. The molecule has 1 atom stereocenters. The predicted octanol–water partition coefficient (Wildman–Crippen LogP) is 1.56. The topological polar surface area (TPSA) is 150 Å². The van der Waals surface area contributed by atoms with Crippen LogP contribution in [0.5, 0.6) is 0 Å². The van der Waals surface area contributed by atoms with Crippen molar-refractivity contribution in [1.82, 2.24) is 38.9 Å². The Balaban J connectivity index is 1.58. The smallest absolute Gasteiger partial charge is 0.407 e. The lowest BCUT2D eigenvalue weighted by Gasteiger charge is -2.34. The first-order chi connectivity index (χ1) is 21.4. The first-order valence-electron chi connectivity index (χ1n) is 14.9. The molecule has 0 aliphatic carbocycles. The molecular weight excluding hydrogens is 578 g/mol. The van der Waals surface area contributed by atoms with E-state index in [2.05, 4.69) is 27.5 Å². The lowest BCUT2D eigenvalue weighted by atomic mass is 10.1. The fraction of sp³-hybridized carbons (Fsp3) is 0.484. The van der Waals surface area contributed by atoms with Gasteiger partial charge in [-0.25, -0.2) is 14.6 Å². The maximum atomic E-state index is 14.2. The molecule has 0 spiro atoms. The highest BCUT2D eigenvalue weighted by atomic mass is 16.6. The van der Waals surface area contributed by atoms with E-state index in [9.17, 15) is 19.2 Å². The van der Waals surface area contributed by atoms with Crippen molar-refractivity contribution in [3.63, 3.8) is 0 Å². The number of likely N-dealkylation sites (N-methyl/N-ethyl adjacent to an activating group) is 1. The first kappa shape index (κ1) is 31.4. The number of aromatic nitrogens is 6. The number of nitrogens with zero attached hydrogens (tertiary/aromatic N) is 7. The van der Waals surface area contributed by atoms with E-state index in [0.29, 0.717) is 35.9 Å². The number of alkyl carbamates (subject to hydrolysis) is 1. The number of nitrogens with one attached hydrogen (secondary N) is 2. The van der Waals surface area contributed by atoms with Crippen molar-refractivity contribution in [1.29, 1.82) is 0 Å². The highest BCUT2D eigenvalue weighted by Gasteiger charge is 2.29. The van der Waals surface area contributed by atoms with Crippen molar-refractivity contribution in [2.45, 2.75) is 71.8 Å². The number of piperidine rings is 1. The number of amides is 2. The van der Waals surface area contributed by atoms with Crippen molar-refractivity contribution in [2.24, 2.45) is 7.05 Å². The molecule has 0 bridgehead atoms. The van der Waals surface area contributed by atoms with Gasteiger partial charge in [-0.3, -0.25) is 23.3 Å². The van der Waals surface area contributed by atoms with Crippen LogP contribution in [0.15, 0.2) is 33.9 Å². The minimum atomic E-state index is -0.623. The predicted molar refractivity (Wildman–Crippen MR) is 170 cm³/mol. The van der Waals surface area contributed by atoms with Crippen LogP contribution in [0.4, 0.5) is 10.7 Å². The summed E-state index contributed by atoms with van der Waals surface area (Å²) >= 11 is 0. The van der Waals surface area contributed by atoms with Gasteiger partial charge in [0.2, 0.25) is 11.9 Å². The van der Waals surface area contributed by atoms with Crippen LogP contribution < -0.4 is 26.8 Å². The minimum absolute atomic E-state index is 0.0225. The monoisotopic (exact) mass is 617 g/mol. The maximum Gasteiger partial charge on any atom is 0.407 e. The molecule has 4 aromatic rings. The Labute approximate surface area is 260 Å². The molecule has 2 N–H and O–H groups in total. The van der Waals surface area contributed by atoms with Crippen molar-refractivity contribution in [3.05, 3.63) is 50.9 Å². The van der Waals surface area contributed by atoms with Gasteiger partial charge in [0.1, 0.15) is 18.0 Å². The summed E-state index contributed by atoms with van der Waals surface area (Å²) in [6, 6.07) is 7.14. The van der Waals surface area contributed by atoms with Crippen molar-refractivity contribution in [2.75, 3.05) is 25.0 Å². The van der Waals surface area contributed by atoms with Crippen LogP contribution in [0.25, 0.3) is 22.2 Å². The van der Waals surface area contributed by atoms with Gasteiger partial charge in [0.15, 0.2) is 11.2 Å². The third-order valence-corrected chi connectivity index (χ3v) is 7.67. The van der Waals surface area contributed by atoms with Crippen LogP contribution in [0, 0.1) is 11.8 Å². The second kappa shape index (κ2) is 12.5. The van der Waals surface area contributed by atoms with Crippen molar-refractivity contribution < 1.29 is 14.3 Å². The molecule has 1 unspecified atom stereocenters. The van der Waals surface area contributed by atoms with Gasteiger partial charge in [0, 0.05) is 33.2 Å². The Bertz CT molecular complexity index is 1950. The highest BCUT2D eigenvalue weighted by Crippen LogP contribution is 2.24. The maximum absolute atomic E-state index is 14.2. The molecular formula is C31H39N9O5. The average Bonchev–Trinajstić information content (AvgIpc) is 3.54. The molecule has 2 amide bonds. The summed E-state index contributed by atoms with van der Waals surface area (Å²) in [7, 11) is 3.12. The second-order valence-electron chi connectivity index (χ2n) is 12.0. The van der Waals surface area contributed by atoms with E-state index in [1.165, 1.54) is 4.57 Å². The van der Waals surface area contributed by atoms with Crippen molar-refractivity contribution in [3.8, 4) is 11.8 Å². The van der Waals surface area contributed by atoms with E-state index < -0.39 is 22.9 Å². The van der Waals surface area contributed by atoms with Gasteiger partial charge in [0.25, 0.3) is 5.56 Å². The lowest BCUT2D eigenvalue weighted by molar-refractivity contribution is -0.121. The molecule has 1 aliphatic heterocycles. The van der Waals surface area contributed by atoms with Gasteiger partial charge < -0.3 is 24.8 Å². The largest absolute Gasteiger partial charge is 0.444 e. The first-order valence-corrected chi connectivity index (χ1v) is 14.9. The normalized spacial score (nSPS) is 15.2. The number of carbonyl (C=O) groups excluding carboxylic acids is 2. The molecule has 14 nitrogen and oxygen atoms in total. The molecule has 3 aromatic heterocycles. The van der Waals surface area contributed by atoms with Gasteiger partial charge in [-0.15, -0.1) is 5.92 Å². The van der Waals surface area contributed by atoms with Crippen LogP contribution in [-0.4, -0.2) is 72.0 Å². The minimum Gasteiger partial charge on any atom is -0.444 e. The number of anilines is 1. The average molecular weight is 618 g/mol. The SMILES string of the molecule is CC#CCn1c(N2CCCC(NC(=O)OC(C)(C)C)C2)nc2c1c(=O)n(Cc1nc3ccccc3n1CC(=O)NC)c(=O)n2C. The van der Waals surface area contributed by atoms with Gasteiger partial charge in [-0.1, -0.05) is 18.1 Å². The van der Waals surface area contributed by atoms with E-state index in [0.717, 1.165) is 17.4 Å². The number of ether oxygens (including phenoxy) is 1. The van der Waals surface area contributed by atoms with E-state index >= 15 is 0 Å². The molecule has 4 heterocycles. The van der Waals surface area contributed by atoms with Crippen LogP contribution >= 0.6 is 0 Å². The Morgan fingerprint density at radius 2 is 1.87 bits per heavy atom. The lowest BCUT2D eigenvalue weighted by Crippen LogP contribution is -2.49. The molecule has 14 heteroatoms. The number of rotatable bonds is 7. The van der Waals surface area contributed by atoms with Crippen LogP contribution in [-0.2, 0) is 36.2 Å². The third-order valence-electron chi connectivity index (χ3n) is 7.67. The zero-order valence-corrected chi connectivity index (χ0v) is 26.5. The zero-order chi connectivity index (χ0) is 32.5. The summed E-state index contributed by atoms with van der Waals surface area (Å²) in [6.07, 6.45) is 1.04. The molecule has 1 saturated heterocycles. The molecule has 1 fully saturated rings. The molecule has 5 rings (SSSR count). The molecule has 238 valence electrons. The van der Waals surface area contributed by atoms with Gasteiger partial charge in [-0.2, -0.15) is 4.98 Å². The summed E-state index contributed by atoms with van der Waals surface area (Å²) in [5.41, 5.74) is 0.0964. The summed E-state index contributed by atoms with van der Waals surface area (Å²) < 4.78 is 11.4. The fourth-order valence-corrected chi connectivity index (χ4v) is 5.59. The van der Waals surface area contributed by atoms with Crippen molar-refractivity contribution >= 4 is 40.1 Å². The number of benzene rings is 1. The van der Waals surface area contributed by atoms with Gasteiger partial charge in [0.05, 0.1) is 24.1 Å². The van der Waals surface area contributed by atoms with E-state index in [4.69, 9.17) is 9.72 Å². The summed E-state index contributed by atoms with van der Waals surface area (Å²) in [5.74, 6) is 6.56. The summed E-state index contributed by atoms with van der Waals surface area (Å²) in [6.45, 7) is 8.22. The fourth-order valence-electron chi connectivity index (χ4n) is 5.59. The Kier molecular flexibility index (Phi) is 8.72. The van der Waals surface area contributed by atoms with Gasteiger partial charge in [-0.05, 0) is 52.7 Å². The zero-order valence-electron chi connectivity index (χ0n) is 26.5. The van der Waals surface area contributed by atoms with E-state index in [-0.39, 0.29) is 42.7 Å². The number of carbonyl (C=O) groups is 2. The Morgan fingerprint density at radius 1 is 1.11 bits per heavy atom. The quantitative estimate of drug-likeness (QED) is 0.297. The van der Waals surface area contributed by atoms with Crippen LogP contribution in [0.2, 0.25) is 0 Å². The number of imidazole rings is 2. The number of hydrogen-bond donors (Lipinski definition) is 2. The Morgan fingerprint density at radius 3 is 2.58 bits per heavy atom. The molecule has 45 heavy (non-hydrogen) atoms. The molecule has 1 aromatic carbocycles. The Hall–Kier alpha value is -5.06. The molecule has 0 radical (unpaired) electrons. The van der Waals surface area contributed by atoms with Crippen LogP contribution in [0.1, 0.15) is 46.4 Å². The van der Waals surface area contributed by atoms with Crippen LogP contribution in [0.3, 0.4) is 0 Å². The summed E-state index contributed by atoms with van der Waals surface area (Å²) in [4.78, 5) is 64.2. The molecule has 1 aliphatic rings. The van der Waals surface area contributed by atoms with E-state index in [1.54, 1.807) is 30.2 Å². The summed E-state index contributed by atoms with van der Waals surface area (Å²) in [5, 5.41) is 5.57. The number of hydrogen-bond acceptors (Lipinski definition) is 8. The second-order valence-corrected chi connectivity index (χ2v) is 12.0. The standard InChI is InChI=1S/C31H39N9O5/c1-7-8-16-38-25-26(35-28(38)37-15-11-12-20(17-37)33-29(43)45-31(2,3)4)36(6)30(44)40(27(25)42)18-23-34-21-13-9-10-14-22(21)39(23)19-24(41)32-5/h9-10,13-14,20H,11-12,15-19H2,1-6H3,(H,32,41)(H,33,43). The molecule has 0 saturated carbocycles.